The van der Waals surface area contributed by atoms with Crippen molar-refractivity contribution in [1.29, 1.82) is 0 Å². The van der Waals surface area contributed by atoms with Gasteiger partial charge >= 0.3 is 0 Å². The van der Waals surface area contributed by atoms with Crippen LogP contribution in [0.2, 0.25) is 5.02 Å². The molecule has 0 saturated heterocycles. The highest BCUT2D eigenvalue weighted by molar-refractivity contribution is 7.87. The Morgan fingerprint density at radius 2 is 2.06 bits per heavy atom. The molecule has 0 radical (unpaired) electrons. The first-order valence-corrected chi connectivity index (χ1v) is 6.36. The monoisotopic (exact) mass is 266 g/mol. The van der Waals surface area contributed by atoms with Gasteiger partial charge in [0.25, 0.3) is 10.2 Å². The summed E-state index contributed by atoms with van der Waals surface area (Å²) in [6, 6.07) is 6.31. The van der Waals surface area contributed by atoms with E-state index in [1.165, 1.54) is 19.1 Å². The first-order chi connectivity index (χ1) is 7.22. The summed E-state index contributed by atoms with van der Waals surface area (Å²) in [6.07, 6.45) is 0. The van der Waals surface area contributed by atoms with Crippen molar-refractivity contribution in [3.8, 4) is 0 Å². The number of halogens is 2. The summed E-state index contributed by atoms with van der Waals surface area (Å²) in [7, 11) is -3.91. The van der Waals surface area contributed by atoms with Gasteiger partial charge in [-0.25, -0.2) is 9.53 Å². The largest absolute Gasteiger partial charge is 0.274 e. The van der Waals surface area contributed by atoms with Crippen LogP contribution in [0, 0.1) is 0 Å². The highest BCUT2D eigenvalue weighted by Crippen LogP contribution is 2.30. The van der Waals surface area contributed by atoms with E-state index in [-0.39, 0.29) is 10.6 Å². The van der Waals surface area contributed by atoms with Crippen molar-refractivity contribution in [1.82, 2.24) is 4.72 Å². The van der Waals surface area contributed by atoms with Crippen molar-refractivity contribution in [2.45, 2.75) is 12.6 Å². The van der Waals surface area contributed by atoms with E-state index in [2.05, 4.69) is 0 Å². The lowest BCUT2D eigenvalue weighted by Crippen LogP contribution is -2.39. The van der Waals surface area contributed by atoms with Gasteiger partial charge in [0.2, 0.25) is 0 Å². The molecule has 0 aromatic heterocycles. The Labute approximate surface area is 98.8 Å². The van der Waals surface area contributed by atoms with E-state index in [0.717, 1.165) is 0 Å². The quantitative estimate of drug-likeness (QED) is 0.863. The lowest BCUT2D eigenvalue weighted by atomic mass is 9.98. The Morgan fingerprint density at radius 3 is 2.56 bits per heavy atom. The minimum absolute atomic E-state index is 0.216. The van der Waals surface area contributed by atoms with Crippen LogP contribution in [-0.4, -0.2) is 15.0 Å². The Kier molecular flexibility index (Phi) is 3.90. The molecule has 90 valence electrons. The van der Waals surface area contributed by atoms with Gasteiger partial charge in [0.05, 0.1) is 0 Å². The minimum atomic E-state index is -3.91. The number of nitrogens with one attached hydrogen (secondary N) is 1. The zero-order chi connectivity index (χ0) is 12.4. The predicted octanol–water partition coefficient (Wildman–Crippen LogP) is 1.32. The van der Waals surface area contributed by atoms with Gasteiger partial charge in [-0.05, 0) is 13.0 Å². The van der Waals surface area contributed by atoms with E-state index in [9.17, 15) is 12.8 Å². The molecule has 0 saturated carbocycles. The first kappa shape index (κ1) is 13.4. The zero-order valence-electron chi connectivity index (χ0n) is 8.57. The standard InChI is InChI=1S/C9H12ClFN2O2S/c1-9(11,6-13-16(12,14)15)7-4-2-3-5-8(7)10/h2-5,13H,6H2,1H3,(H2,12,14,15). The van der Waals surface area contributed by atoms with Gasteiger partial charge in [0.15, 0.2) is 0 Å². The number of nitrogens with two attached hydrogens (primary N) is 1. The molecule has 0 aliphatic rings. The molecule has 0 aliphatic heterocycles. The van der Waals surface area contributed by atoms with Crippen molar-refractivity contribution >= 4 is 21.8 Å². The van der Waals surface area contributed by atoms with Crippen molar-refractivity contribution in [2.75, 3.05) is 6.54 Å². The van der Waals surface area contributed by atoms with Gasteiger partial charge in [0, 0.05) is 17.1 Å². The topological polar surface area (TPSA) is 72.2 Å². The fourth-order valence-electron chi connectivity index (χ4n) is 1.22. The molecule has 3 N–H and O–H groups in total. The zero-order valence-corrected chi connectivity index (χ0v) is 10.1. The predicted molar refractivity (Wildman–Crippen MR) is 61.0 cm³/mol. The second kappa shape index (κ2) is 4.67. The summed E-state index contributed by atoms with van der Waals surface area (Å²) in [6.45, 7) is 0.766. The van der Waals surface area contributed by atoms with Gasteiger partial charge in [-0.2, -0.15) is 13.1 Å². The molecular weight excluding hydrogens is 255 g/mol. The Balaban J connectivity index is 2.90. The molecule has 1 unspecified atom stereocenters. The molecular formula is C9H12ClFN2O2S. The summed E-state index contributed by atoms with van der Waals surface area (Å²) in [5, 5.41) is 4.96. The van der Waals surface area contributed by atoms with Gasteiger partial charge in [-0.3, -0.25) is 0 Å². The highest BCUT2D eigenvalue weighted by Gasteiger charge is 2.29. The molecule has 16 heavy (non-hydrogen) atoms. The third-order valence-corrected chi connectivity index (χ3v) is 2.92. The van der Waals surface area contributed by atoms with Gasteiger partial charge in [-0.1, -0.05) is 29.8 Å². The van der Waals surface area contributed by atoms with Crippen LogP contribution in [0.5, 0.6) is 0 Å². The van der Waals surface area contributed by atoms with E-state index >= 15 is 0 Å². The molecule has 1 aromatic carbocycles. The van der Waals surface area contributed by atoms with Gasteiger partial charge < -0.3 is 0 Å². The smallest absolute Gasteiger partial charge is 0.237 e. The van der Waals surface area contributed by atoms with Crippen LogP contribution in [0.15, 0.2) is 24.3 Å². The van der Waals surface area contributed by atoms with E-state index in [4.69, 9.17) is 16.7 Å². The molecule has 1 atom stereocenters. The second-order valence-electron chi connectivity index (χ2n) is 3.54. The molecule has 1 rings (SSSR count). The molecule has 0 fully saturated rings. The SMILES string of the molecule is CC(F)(CNS(N)(=O)=O)c1ccccc1Cl. The summed E-state index contributed by atoms with van der Waals surface area (Å²) < 4.78 is 37.4. The van der Waals surface area contributed by atoms with Gasteiger partial charge in [-0.15, -0.1) is 0 Å². The average molecular weight is 267 g/mol. The Hall–Kier alpha value is -0.690. The van der Waals surface area contributed by atoms with Crippen molar-refractivity contribution in [2.24, 2.45) is 5.14 Å². The Bertz CT molecular complexity index is 476. The van der Waals surface area contributed by atoms with Crippen LogP contribution in [0.3, 0.4) is 0 Å². The molecule has 0 heterocycles. The molecule has 0 amide bonds. The Morgan fingerprint density at radius 1 is 1.50 bits per heavy atom. The normalized spacial score (nSPS) is 15.8. The van der Waals surface area contributed by atoms with E-state index in [1.54, 1.807) is 12.1 Å². The molecule has 7 heteroatoms. The highest BCUT2D eigenvalue weighted by atomic mass is 35.5. The van der Waals surface area contributed by atoms with Gasteiger partial charge in [0.1, 0.15) is 5.67 Å². The molecule has 1 aromatic rings. The van der Waals surface area contributed by atoms with E-state index in [0.29, 0.717) is 0 Å². The summed E-state index contributed by atoms with van der Waals surface area (Å²) in [4.78, 5) is 0. The third-order valence-electron chi connectivity index (χ3n) is 2.04. The lowest BCUT2D eigenvalue weighted by Gasteiger charge is -2.21. The minimum Gasteiger partial charge on any atom is -0.237 e. The molecule has 0 aliphatic carbocycles. The summed E-state index contributed by atoms with van der Waals surface area (Å²) in [5.41, 5.74) is -1.70. The van der Waals surface area contributed by atoms with Crippen molar-refractivity contribution in [3.05, 3.63) is 34.9 Å². The number of hydrogen-bond acceptors (Lipinski definition) is 2. The van der Waals surface area contributed by atoms with Crippen LogP contribution < -0.4 is 9.86 Å². The number of hydrogen-bond donors (Lipinski definition) is 2. The number of alkyl halides is 1. The maximum Gasteiger partial charge on any atom is 0.274 e. The van der Waals surface area contributed by atoms with Crippen molar-refractivity contribution in [3.63, 3.8) is 0 Å². The van der Waals surface area contributed by atoms with Crippen LogP contribution in [0.4, 0.5) is 4.39 Å². The van der Waals surface area contributed by atoms with Crippen LogP contribution in [0.1, 0.15) is 12.5 Å². The fraction of sp³-hybridized carbons (Fsp3) is 0.333. The van der Waals surface area contributed by atoms with E-state index in [1.807, 2.05) is 4.72 Å². The number of benzene rings is 1. The molecule has 0 spiro atoms. The van der Waals surface area contributed by atoms with Crippen LogP contribution >= 0.6 is 11.6 Å². The lowest BCUT2D eigenvalue weighted by molar-refractivity contribution is 0.197. The fourth-order valence-corrected chi connectivity index (χ4v) is 2.02. The van der Waals surface area contributed by atoms with Crippen molar-refractivity contribution < 1.29 is 12.8 Å². The molecule has 0 bridgehead atoms. The maximum atomic E-state index is 14.1. The third kappa shape index (κ3) is 3.71. The molecule has 4 nitrogen and oxygen atoms in total. The maximum absolute atomic E-state index is 14.1. The number of rotatable bonds is 4. The second-order valence-corrected chi connectivity index (χ2v) is 5.33. The van der Waals surface area contributed by atoms with Crippen LogP contribution in [-0.2, 0) is 15.9 Å². The van der Waals surface area contributed by atoms with Crippen LogP contribution in [0.25, 0.3) is 0 Å². The summed E-state index contributed by atoms with van der Waals surface area (Å²) >= 11 is 5.81. The first-order valence-electron chi connectivity index (χ1n) is 4.44. The summed E-state index contributed by atoms with van der Waals surface area (Å²) in [5.74, 6) is 0. The average Bonchev–Trinajstić information content (AvgIpc) is 2.14. The van der Waals surface area contributed by atoms with E-state index < -0.39 is 22.4 Å².